The predicted octanol–water partition coefficient (Wildman–Crippen LogP) is 8.62. The van der Waals surface area contributed by atoms with Crippen LogP contribution < -0.4 is 0 Å². The number of rotatable bonds is 5. The van der Waals surface area contributed by atoms with Crippen LogP contribution in [-0.4, -0.2) is 25.3 Å². The van der Waals surface area contributed by atoms with Gasteiger partial charge in [0.25, 0.3) is 0 Å². The number of hydrogen-bond donors (Lipinski definition) is 1. The molecule has 0 saturated carbocycles. The molecule has 1 N–H and O–H groups in total. The number of hydrogen-bond acceptors (Lipinski definition) is 3. The van der Waals surface area contributed by atoms with E-state index in [-0.39, 0.29) is 0 Å². The summed E-state index contributed by atoms with van der Waals surface area (Å²) < 4.78 is 4.46. The molecule has 0 saturated heterocycles. The second-order valence-corrected chi connectivity index (χ2v) is 10.5. The molecule has 0 atom stereocenters. The molecule has 0 radical (unpaired) electrons. The molecule has 0 amide bonds. The molecule has 0 aliphatic heterocycles. The number of fused-ring (bicyclic) bond motifs is 2. The first kappa shape index (κ1) is 24.7. The molecule has 0 spiro atoms. The molecule has 198 valence electrons. The zero-order valence-corrected chi connectivity index (χ0v) is 23.3. The van der Waals surface area contributed by atoms with Crippen molar-refractivity contribution in [2.75, 3.05) is 0 Å². The van der Waals surface area contributed by atoms with Gasteiger partial charge in [0, 0.05) is 22.9 Å². The van der Waals surface area contributed by atoms with Gasteiger partial charge in [0.1, 0.15) is 11.6 Å². The molecule has 0 aliphatic rings. The van der Waals surface area contributed by atoms with Crippen molar-refractivity contribution < 1.29 is 0 Å². The van der Waals surface area contributed by atoms with Crippen molar-refractivity contribution in [2.45, 2.75) is 20.8 Å². The summed E-state index contributed by atoms with van der Waals surface area (Å²) in [4.78, 5) is 10.3. The second-order valence-electron chi connectivity index (χ2n) is 10.5. The van der Waals surface area contributed by atoms with Gasteiger partial charge in [0.05, 0.1) is 33.4 Å². The highest BCUT2D eigenvalue weighted by molar-refractivity contribution is 5.90. The Labute approximate surface area is 238 Å². The van der Waals surface area contributed by atoms with E-state index in [9.17, 15) is 0 Å². The van der Waals surface area contributed by atoms with Crippen LogP contribution in [0.15, 0.2) is 109 Å². The van der Waals surface area contributed by atoms with E-state index in [4.69, 9.17) is 15.4 Å². The highest BCUT2D eigenvalue weighted by Crippen LogP contribution is 2.37. The molecule has 7 aromatic rings. The fraction of sp³-hybridized carbons (Fsp3) is 0.0833. The monoisotopic (exact) mass is 531 g/mol. The van der Waals surface area contributed by atoms with Gasteiger partial charge >= 0.3 is 0 Å². The maximum absolute atomic E-state index is 8.05. The molecule has 41 heavy (non-hydrogen) atoms. The van der Waals surface area contributed by atoms with Crippen LogP contribution >= 0.6 is 0 Å². The summed E-state index contributed by atoms with van der Waals surface area (Å²) in [5.74, 6) is 1.79. The minimum Gasteiger partial charge on any atom is -0.308 e. The first-order chi connectivity index (χ1) is 20.0. The Morgan fingerprint density at radius 1 is 0.537 bits per heavy atom. The van der Waals surface area contributed by atoms with Gasteiger partial charge in [-0.15, -0.1) is 0 Å². The topological polar surface area (TPSA) is 59.5 Å². The summed E-state index contributed by atoms with van der Waals surface area (Å²) in [6.45, 7) is 6.44. The number of imidazole rings is 2. The summed E-state index contributed by atoms with van der Waals surface area (Å²) >= 11 is 0. The average molecular weight is 532 g/mol. The van der Waals surface area contributed by atoms with Gasteiger partial charge in [-0.2, -0.15) is 0 Å². The van der Waals surface area contributed by atoms with Crippen molar-refractivity contribution in [2.24, 2.45) is 0 Å². The summed E-state index contributed by atoms with van der Waals surface area (Å²) in [7, 11) is 0. The minimum atomic E-state index is 0.842. The normalized spacial score (nSPS) is 11.4. The molecule has 0 bridgehead atoms. The van der Waals surface area contributed by atoms with Gasteiger partial charge < -0.3 is 5.41 Å². The molecule has 2 heterocycles. The lowest BCUT2D eigenvalue weighted by Crippen LogP contribution is -2.04. The molecule has 0 fully saturated rings. The molecule has 0 unspecified atom stereocenters. The van der Waals surface area contributed by atoms with Gasteiger partial charge in [-0.1, -0.05) is 60.7 Å². The summed E-state index contributed by atoms with van der Waals surface area (Å²) in [6, 6.07) is 37.5. The van der Waals surface area contributed by atoms with Crippen LogP contribution in [0, 0.1) is 26.2 Å². The zero-order chi connectivity index (χ0) is 28.1. The Balaban J connectivity index is 1.48. The van der Waals surface area contributed by atoms with Crippen molar-refractivity contribution >= 4 is 28.3 Å². The lowest BCUT2D eigenvalue weighted by atomic mass is 9.98. The lowest BCUT2D eigenvalue weighted by molar-refractivity contribution is 1.07. The zero-order valence-electron chi connectivity index (χ0n) is 23.3. The third-order valence-electron chi connectivity index (χ3n) is 7.86. The van der Waals surface area contributed by atoms with Crippen LogP contribution in [0.5, 0.6) is 0 Å². The molecule has 0 aliphatic carbocycles. The average Bonchev–Trinajstić information content (AvgIpc) is 3.57. The van der Waals surface area contributed by atoms with Crippen LogP contribution in [0.4, 0.5) is 0 Å². The lowest BCUT2D eigenvalue weighted by Gasteiger charge is -2.17. The molecule has 5 heteroatoms. The Morgan fingerprint density at radius 3 is 1.56 bits per heavy atom. The van der Waals surface area contributed by atoms with Crippen molar-refractivity contribution in [3.8, 4) is 34.2 Å². The Morgan fingerprint density at radius 2 is 1.00 bits per heavy atom. The van der Waals surface area contributed by atoms with E-state index < -0.39 is 0 Å². The smallest absolute Gasteiger partial charge is 0.146 e. The number of benzene rings is 5. The Bertz CT molecular complexity index is 2110. The van der Waals surface area contributed by atoms with Gasteiger partial charge in [-0.3, -0.25) is 9.13 Å². The van der Waals surface area contributed by atoms with E-state index in [1.165, 1.54) is 11.8 Å². The van der Waals surface area contributed by atoms with Gasteiger partial charge in [-0.05, 0) is 86.0 Å². The highest BCUT2D eigenvalue weighted by atomic mass is 15.1. The summed E-state index contributed by atoms with van der Waals surface area (Å²) in [5, 5.41) is 8.05. The fourth-order valence-electron chi connectivity index (χ4n) is 5.83. The van der Waals surface area contributed by atoms with Gasteiger partial charge in [0.2, 0.25) is 0 Å². The molecular weight excluding hydrogens is 502 g/mol. The largest absolute Gasteiger partial charge is 0.308 e. The Hall–Kier alpha value is -5.29. The van der Waals surface area contributed by atoms with Crippen LogP contribution in [0.2, 0.25) is 0 Å². The van der Waals surface area contributed by atoms with Crippen molar-refractivity contribution in [1.82, 2.24) is 19.1 Å². The van der Waals surface area contributed by atoms with E-state index in [2.05, 4.69) is 96.6 Å². The first-order valence-electron chi connectivity index (χ1n) is 13.8. The number of nitrogens with one attached hydrogen (secondary N) is 1. The highest BCUT2D eigenvalue weighted by Gasteiger charge is 2.21. The molecular formula is C36H29N5. The first-order valence-corrected chi connectivity index (χ1v) is 13.8. The maximum atomic E-state index is 8.05. The van der Waals surface area contributed by atoms with E-state index in [0.29, 0.717) is 0 Å². The van der Waals surface area contributed by atoms with Crippen LogP contribution in [-0.2, 0) is 0 Å². The maximum Gasteiger partial charge on any atom is 0.146 e. The Kier molecular flexibility index (Phi) is 5.86. The predicted molar refractivity (Wildman–Crippen MR) is 169 cm³/mol. The van der Waals surface area contributed by atoms with Gasteiger partial charge in [0.15, 0.2) is 0 Å². The standard InChI is InChI=1S/C36H29N5/c1-23-12-4-8-16-31(23)40-33-18-10-6-14-29(33)38-35(40)27-20-25(3)28(21-24(27)2)36-39-30-15-7-11-19-34(30)41(36)32-17-9-5-13-26(32)22-37/h4-22,37H,1-3H3. The van der Waals surface area contributed by atoms with Crippen molar-refractivity contribution in [3.63, 3.8) is 0 Å². The quantitative estimate of drug-likeness (QED) is 0.226. The van der Waals surface area contributed by atoms with Crippen LogP contribution in [0.25, 0.3) is 56.2 Å². The molecule has 7 rings (SSSR count). The molecule has 5 aromatic carbocycles. The number of aryl methyl sites for hydroxylation is 3. The molecule has 5 nitrogen and oxygen atoms in total. The van der Waals surface area contributed by atoms with Gasteiger partial charge in [-0.25, -0.2) is 9.97 Å². The van der Waals surface area contributed by atoms with E-state index in [0.717, 1.165) is 72.9 Å². The number of aromatic nitrogens is 4. The van der Waals surface area contributed by atoms with Crippen molar-refractivity contribution in [1.29, 1.82) is 5.41 Å². The van der Waals surface area contributed by atoms with Crippen molar-refractivity contribution in [3.05, 3.63) is 131 Å². The van der Waals surface area contributed by atoms with E-state index in [1.807, 2.05) is 42.5 Å². The number of nitrogens with zero attached hydrogens (tertiary/aromatic N) is 4. The third-order valence-corrected chi connectivity index (χ3v) is 7.86. The molecule has 2 aromatic heterocycles. The second kappa shape index (κ2) is 9.72. The van der Waals surface area contributed by atoms with E-state index in [1.54, 1.807) is 0 Å². The summed E-state index contributed by atoms with van der Waals surface area (Å²) in [6.07, 6.45) is 1.41. The summed E-state index contributed by atoms with van der Waals surface area (Å²) in [5.41, 5.74) is 12.5. The SMILES string of the molecule is Cc1cc(-c2nc3ccccc3n2-c2ccccc2C=N)c(C)cc1-c1nc2ccccc2n1-c1ccccc1C. The third kappa shape index (κ3) is 3.97. The minimum absolute atomic E-state index is 0.842. The van der Waals surface area contributed by atoms with E-state index >= 15 is 0 Å². The number of para-hydroxylation sites is 6. The van der Waals surface area contributed by atoms with Crippen LogP contribution in [0.3, 0.4) is 0 Å². The fourth-order valence-corrected chi connectivity index (χ4v) is 5.83. The van der Waals surface area contributed by atoms with Crippen LogP contribution in [0.1, 0.15) is 22.3 Å².